The van der Waals surface area contributed by atoms with Gasteiger partial charge in [-0.05, 0) is 93.7 Å². The second-order valence-corrected chi connectivity index (χ2v) is 11.5. The summed E-state index contributed by atoms with van der Waals surface area (Å²) >= 11 is 0. The van der Waals surface area contributed by atoms with Gasteiger partial charge in [0.2, 0.25) is 0 Å². The Labute approximate surface area is 280 Å². The van der Waals surface area contributed by atoms with Gasteiger partial charge < -0.3 is 0 Å². The molecule has 0 atom stereocenters. The smallest absolute Gasteiger partial charge is 0.0622 e. The number of fused-ring (bicyclic) bond motifs is 4. The highest BCUT2D eigenvalue weighted by Gasteiger charge is 2.19. The second-order valence-electron chi connectivity index (χ2n) is 11.5. The fraction of sp³-hybridized carbons (Fsp3) is 0. The summed E-state index contributed by atoms with van der Waals surface area (Å²) in [5, 5.41) is 4.71. The summed E-state index contributed by atoms with van der Waals surface area (Å²) in [6.07, 6.45) is 0. The van der Waals surface area contributed by atoms with E-state index in [9.17, 15) is 5.48 Å². The first-order valence-corrected chi connectivity index (χ1v) is 15.3. The average Bonchev–Trinajstić information content (AvgIpc) is 3.22. The molecular formula is C46H30. The molecule has 9 rings (SSSR count). The molecule has 0 amide bonds. The van der Waals surface area contributed by atoms with E-state index in [2.05, 4.69) is 30.3 Å². The summed E-state index contributed by atoms with van der Waals surface area (Å²) in [4.78, 5) is 0. The van der Waals surface area contributed by atoms with Crippen molar-refractivity contribution >= 4 is 43.1 Å². The highest BCUT2D eigenvalue weighted by Crippen LogP contribution is 2.46. The molecule has 0 radical (unpaired) electrons. The molecule has 9 aromatic rings. The molecule has 214 valence electrons. The van der Waals surface area contributed by atoms with Crippen LogP contribution in [0.3, 0.4) is 0 Å². The third-order valence-corrected chi connectivity index (χ3v) is 8.91. The molecule has 0 N–H and O–H groups in total. The van der Waals surface area contributed by atoms with Gasteiger partial charge in [-0.25, -0.2) is 0 Å². The van der Waals surface area contributed by atoms with Crippen molar-refractivity contribution in [2.24, 2.45) is 0 Å². The molecule has 0 unspecified atom stereocenters. The van der Waals surface area contributed by atoms with Crippen molar-refractivity contribution in [3.63, 3.8) is 0 Å². The van der Waals surface area contributed by atoms with Crippen LogP contribution in [0.5, 0.6) is 0 Å². The van der Waals surface area contributed by atoms with Crippen molar-refractivity contribution < 1.29 is 11.0 Å². The second kappa shape index (κ2) is 10.9. The Morgan fingerprint density at radius 3 is 1.48 bits per heavy atom. The lowest BCUT2D eigenvalue weighted by Gasteiger charge is -2.20. The first kappa shape index (κ1) is 19.4. The predicted octanol–water partition coefficient (Wildman–Crippen LogP) is 13.0. The fourth-order valence-corrected chi connectivity index (χ4v) is 6.77. The summed E-state index contributed by atoms with van der Waals surface area (Å²) in [6, 6.07) is 40.8. The van der Waals surface area contributed by atoms with Crippen LogP contribution in [-0.2, 0) is 0 Å². The van der Waals surface area contributed by atoms with Crippen LogP contribution >= 0.6 is 0 Å². The highest BCUT2D eigenvalue weighted by molar-refractivity contribution is 6.24. The number of hydrogen-bond acceptors (Lipinski definition) is 0. The Bertz CT molecular complexity index is 2930. The van der Waals surface area contributed by atoms with E-state index < -0.39 is 24.2 Å². The normalized spacial score (nSPS) is 13.9. The lowest BCUT2D eigenvalue weighted by atomic mass is 9.83. The van der Waals surface area contributed by atoms with Crippen LogP contribution in [-0.4, -0.2) is 0 Å². The van der Waals surface area contributed by atoms with Gasteiger partial charge in [-0.1, -0.05) is 176 Å². The van der Waals surface area contributed by atoms with Crippen molar-refractivity contribution in [2.75, 3.05) is 0 Å². The molecule has 0 heteroatoms. The summed E-state index contributed by atoms with van der Waals surface area (Å²) < 4.78 is 72.7. The van der Waals surface area contributed by atoms with Crippen LogP contribution in [0.25, 0.3) is 87.6 Å². The molecule has 0 nitrogen and oxygen atoms in total. The topological polar surface area (TPSA) is 0 Å². The molecule has 0 heterocycles. The highest BCUT2D eigenvalue weighted by atomic mass is 14.2. The SMILES string of the molecule is [2H]c1c([2H])c([2H])c2c(-c3ccc(-c4ccccc4)c4ccccc34)c3c([2H])c([2H])c([2H])c([2H])c3c(-c3ccc(-c4ccc5ccccc5c4)cc3)c2c1[2H]. The van der Waals surface area contributed by atoms with Gasteiger partial charge >= 0.3 is 0 Å². The van der Waals surface area contributed by atoms with Crippen LogP contribution in [0.2, 0.25) is 0 Å². The minimum absolute atomic E-state index is 0.197. The van der Waals surface area contributed by atoms with E-state index in [0.717, 1.165) is 43.8 Å². The average molecular weight is 591 g/mol. The molecule has 0 spiro atoms. The third-order valence-electron chi connectivity index (χ3n) is 8.91. The number of benzene rings is 9. The Morgan fingerprint density at radius 2 is 0.804 bits per heavy atom. The van der Waals surface area contributed by atoms with E-state index in [-0.39, 0.29) is 45.7 Å². The van der Waals surface area contributed by atoms with Crippen LogP contribution in [0.4, 0.5) is 0 Å². The van der Waals surface area contributed by atoms with Gasteiger partial charge in [0.1, 0.15) is 0 Å². The Balaban J connectivity index is 1.42. The molecule has 46 heavy (non-hydrogen) atoms. The monoisotopic (exact) mass is 590 g/mol. The van der Waals surface area contributed by atoms with E-state index in [1.807, 2.05) is 103 Å². The van der Waals surface area contributed by atoms with E-state index in [1.165, 1.54) is 0 Å². The molecule has 0 aromatic heterocycles. The zero-order valence-corrected chi connectivity index (χ0v) is 24.7. The maximum atomic E-state index is 9.38. The van der Waals surface area contributed by atoms with Gasteiger partial charge in [-0.2, -0.15) is 0 Å². The van der Waals surface area contributed by atoms with Gasteiger partial charge in [0, 0.05) is 0 Å². The Hall–Kier alpha value is -5.98. The molecule has 0 aliphatic carbocycles. The minimum atomic E-state index is -0.420. The van der Waals surface area contributed by atoms with Crippen molar-refractivity contribution in [3.8, 4) is 44.5 Å². The van der Waals surface area contributed by atoms with Crippen LogP contribution < -0.4 is 0 Å². The quantitative estimate of drug-likeness (QED) is 0.179. The first-order chi connectivity index (χ1) is 26.2. The number of rotatable bonds is 4. The van der Waals surface area contributed by atoms with Gasteiger partial charge in [0.25, 0.3) is 0 Å². The Kier molecular flexibility index (Phi) is 4.59. The van der Waals surface area contributed by atoms with E-state index in [1.54, 1.807) is 0 Å². The van der Waals surface area contributed by atoms with Gasteiger partial charge in [-0.3, -0.25) is 0 Å². The van der Waals surface area contributed by atoms with Gasteiger partial charge in [0.05, 0.1) is 11.0 Å². The van der Waals surface area contributed by atoms with Crippen molar-refractivity contribution in [1.29, 1.82) is 0 Å². The molecule has 0 saturated heterocycles. The third kappa shape index (κ3) is 4.30. The van der Waals surface area contributed by atoms with Crippen LogP contribution in [0.15, 0.2) is 182 Å². The van der Waals surface area contributed by atoms with Crippen molar-refractivity contribution in [2.45, 2.75) is 0 Å². The zero-order chi connectivity index (χ0) is 37.4. The molecule has 0 aliphatic rings. The molecule has 9 aromatic carbocycles. The molecule has 0 saturated carbocycles. The lowest BCUT2D eigenvalue weighted by molar-refractivity contribution is 1.62. The summed E-state index contributed by atoms with van der Waals surface area (Å²) in [5.41, 5.74) is 5.75. The summed E-state index contributed by atoms with van der Waals surface area (Å²) in [5.74, 6) is 0. The summed E-state index contributed by atoms with van der Waals surface area (Å²) in [7, 11) is 0. The molecule has 0 aliphatic heterocycles. The van der Waals surface area contributed by atoms with Crippen LogP contribution in [0, 0.1) is 0 Å². The summed E-state index contributed by atoms with van der Waals surface area (Å²) in [6.45, 7) is 0. The minimum Gasteiger partial charge on any atom is -0.0622 e. The largest absolute Gasteiger partial charge is 0.0629 e. The maximum absolute atomic E-state index is 9.38. The molecule has 0 bridgehead atoms. The van der Waals surface area contributed by atoms with Gasteiger partial charge in [-0.15, -0.1) is 0 Å². The van der Waals surface area contributed by atoms with E-state index >= 15 is 0 Å². The fourth-order valence-electron chi connectivity index (χ4n) is 6.77. The van der Waals surface area contributed by atoms with Gasteiger partial charge in [0.15, 0.2) is 0 Å². The standard InChI is InChI=1S/C46H30/c1-2-13-33(14-3-1)37-28-29-44(39-17-7-6-16-38(37)39)46-42-20-10-8-18-40(42)45(41-19-9-11-21-43(41)46)34-25-22-32(23-26-34)36-27-24-31-12-4-5-15-35(31)30-36/h1-30H/i8D,9D,10D,11D,18D,19D,20D,21D. The first-order valence-electron chi connectivity index (χ1n) is 19.3. The van der Waals surface area contributed by atoms with Crippen molar-refractivity contribution in [3.05, 3.63) is 182 Å². The Morgan fingerprint density at radius 1 is 0.304 bits per heavy atom. The predicted molar refractivity (Wildman–Crippen MR) is 198 cm³/mol. The maximum Gasteiger partial charge on any atom is 0.0629 e. The van der Waals surface area contributed by atoms with Crippen molar-refractivity contribution in [1.82, 2.24) is 0 Å². The lowest BCUT2D eigenvalue weighted by Crippen LogP contribution is -1.92. The van der Waals surface area contributed by atoms with E-state index in [4.69, 9.17) is 5.48 Å². The molecule has 0 fully saturated rings. The molecular weight excluding hydrogens is 553 g/mol. The van der Waals surface area contributed by atoms with E-state index in [0.29, 0.717) is 22.3 Å². The number of hydrogen-bond donors (Lipinski definition) is 0. The zero-order valence-electron chi connectivity index (χ0n) is 32.7. The van der Waals surface area contributed by atoms with Crippen LogP contribution in [0.1, 0.15) is 11.0 Å².